The average Bonchev–Trinajstić information content (AvgIpc) is 2.70. The van der Waals surface area contributed by atoms with Gasteiger partial charge in [-0.1, -0.05) is 23.7 Å². The van der Waals surface area contributed by atoms with E-state index in [1.807, 2.05) is 29.7 Å². The predicted molar refractivity (Wildman–Crippen MR) is 77.7 cm³/mol. The maximum absolute atomic E-state index is 13.5. The normalized spacial score (nSPS) is 10.7. The fourth-order valence-corrected chi connectivity index (χ4v) is 2.69. The van der Waals surface area contributed by atoms with Crippen LogP contribution in [-0.2, 0) is 0 Å². The molecule has 4 heteroatoms. The van der Waals surface area contributed by atoms with E-state index in [1.165, 1.54) is 12.1 Å². The van der Waals surface area contributed by atoms with Crippen LogP contribution in [0.15, 0.2) is 42.5 Å². The van der Waals surface area contributed by atoms with Gasteiger partial charge in [0.15, 0.2) is 0 Å². The van der Waals surface area contributed by atoms with Gasteiger partial charge in [0.1, 0.15) is 11.9 Å². The van der Waals surface area contributed by atoms with Crippen molar-refractivity contribution in [1.82, 2.24) is 4.57 Å². The molecule has 1 aromatic heterocycles. The summed E-state index contributed by atoms with van der Waals surface area (Å²) >= 11 is 6.23. The Kier molecular flexibility index (Phi) is 2.96. The standard InChI is InChI=1S/C16H10ClFN2/c1-10-13(9-19)12-7-6-11(18)8-16(12)20(10)15-5-3-2-4-14(15)17/h2-8H,1H3. The number of nitriles is 1. The van der Waals surface area contributed by atoms with Crippen LogP contribution < -0.4 is 0 Å². The maximum atomic E-state index is 13.5. The number of aromatic nitrogens is 1. The van der Waals surface area contributed by atoms with Crippen molar-refractivity contribution < 1.29 is 4.39 Å². The molecule has 2 aromatic carbocycles. The number of rotatable bonds is 1. The van der Waals surface area contributed by atoms with Crippen LogP contribution in [-0.4, -0.2) is 4.57 Å². The molecule has 0 aliphatic carbocycles. The summed E-state index contributed by atoms with van der Waals surface area (Å²) in [5.41, 5.74) is 2.68. The summed E-state index contributed by atoms with van der Waals surface area (Å²) in [4.78, 5) is 0. The highest BCUT2D eigenvalue weighted by molar-refractivity contribution is 6.32. The number of hydrogen-bond acceptors (Lipinski definition) is 1. The Morgan fingerprint density at radius 1 is 1.20 bits per heavy atom. The van der Waals surface area contributed by atoms with E-state index in [2.05, 4.69) is 6.07 Å². The van der Waals surface area contributed by atoms with Crippen molar-refractivity contribution in [3.63, 3.8) is 0 Å². The molecule has 2 nitrogen and oxygen atoms in total. The molecule has 3 rings (SSSR count). The van der Waals surface area contributed by atoms with Gasteiger partial charge in [0.05, 0.1) is 21.8 Å². The quantitative estimate of drug-likeness (QED) is 0.642. The van der Waals surface area contributed by atoms with Gasteiger partial charge in [-0.3, -0.25) is 0 Å². The second-order valence-corrected chi connectivity index (χ2v) is 4.93. The Hall–Kier alpha value is -2.31. The van der Waals surface area contributed by atoms with Crippen molar-refractivity contribution in [2.45, 2.75) is 6.92 Å². The molecule has 0 radical (unpaired) electrons. The third-order valence-electron chi connectivity index (χ3n) is 3.37. The lowest BCUT2D eigenvalue weighted by molar-refractivity contribution is 0.629. The van der Waals surface area contributed by atoms with E-state index < -0.39 is 0 Å². The Balaban J connectivity index is 2.48. The van der Waals surface area contributed by atoms with E-state index >= 15 is 0 Å². The van der Waals surface area contributed by atoms with Crippen molar-refractivity contribution in [3.05, 3.63) is 64.6 Å². The van der Waals surface area contributed by atoms with Crippen molar-refractivity contribution in [1.29, 1.82) is 5.26 Å². The molecule has 0 amide bonds. The summed E-state index contributed by atoms with van der Waals surface area (Å²) in [5.74, 6) is -0.340. The first-order valence-electron chi connectivity index (χ1n) is 6.09. The zero-order valence-electron chi connectivity index (χ0n) is 10.7. The molecule has 0 saturated carbocycles. The van der Waals surface area contributed by atoms with E-state index in [9.17, 15) is 9.65 Å². The van der Waals surface area contributed by atoms with Crippen molar-refractivity contribution in [2.24, 2.45) is 0 Å². The topological polar surface area (TPSA) is 28.7 Å². The molecule has 0 aliphatic rings. The van der Waals surface area contributed by atoms with Gasteiger partial charge in [0, 0.05) is 11.1 Å². The lowest BCUT2D eigenvalue weighted by Crippen LogP contribution is -1.97. The molecule has 0 saturated heterocycles. The summed E-state index contributed by atoms with van der Waals surface area (Å²) in [6, 6.07) is 13.9. The van der Waals surface area contributed by atoms with Crippen LogP contribution in [0.1, 0.15) is 11.3 Å². The molecule has 0 fully saturated rings. The third-order valence-corrected chi connectivity index (χ3v) is 3.69. The second-order valence-electron chi connectivity index (χ2n) is 4.52. The first-order valence-corrected chi connectivity index (χ1v) is 6.47. The molecular formula is C16H10ClFN2. The molecule has 0 unspecified atom stereocenters. The number of nitrogens with zero attached hydrogens (tertiary/aromatic N) is 2. The Labute approximate surface area is 120 Å². The van der Waals surface area contributed by atoms with Crippen molar-refractivity contribution in [2.75, 3.05) is 0 Å². The van der Waals surface area contributed by atoms with Crippen LogP contribution in [0.25, 0.3) is 16.6 Å². The smallest absolute Gasteiger partial charge is 0.125 e. The van der Waals surface area contributed by atoms with Crippen molar-refractivity contribution >= 4 is 22.5 Å². The summed E-state index contributed by atoms with van der Waals surface area (Å²) < 4.78 is 15.4. The molecule has 1 heterocycles. The fraction of sp³-hybridized carbons (Fsp3) is 0.0625. The first kappa shape index (κ1) is 12.7. The maximum Gasteiger partial charge on any atom is 0.125 e. The average molecular weight is 285 g/mol. The lowest BCUT2D eigenvalue weighted by Gasteiger charge is -2.10. The van der Waals surface area contributed by atoms with Gasteiger partial charge in [-0.15, -0.1) is 0 Å². The zero-order chi connectivity index (χ0) is 14.3. The van der Waals surface area contributed by atoms with Crippen LogP contribution in [0.4, 0.5) is 4.39 Å². The van der Waals surface area contributed by atoms with Gasteiger partial charge in [-0.05, 0) is 37.3 Å². The summed E-state index contributed by atoms with van der Waals surface area (Å²) in [6.07, 6.45) is 0. The molecule has 0 spiro atoms. The predicted octanol–water partition coefficient (Wildman–Crippen LogP) is 4.60. The summed E-state index contributed by atoms with van der Waals surface area (Å²) in [7, 11) is 0. The molecule has 0 atom stereocenters. The molecule has 3 aromatic rings. The molecule has 20 heavy (non-hydrogen) atoms. The highest BCUT2D eigenvalue weighted by atomic mass is 35.5. The fourth-order valence-electron chi connectivity index (χ4n) is 2.47. The number of fused-ring (bicyclic) bond motifs is 1. The van der Waals surface area contributed by atoms with Crippen molar-refractivity contribution in [3.8, 4) is 11.8 Å². The monoisotopic (exact) mass is 284 g/mol. The van der Waals surface area contributed by atoms with Gasteiger partial charge in [-0.25, -0.2) is 4.39 Å². The molecule has 98 valence electrons. The van der Waals surface area contributed by atoms with Crippen LogP contribution in [0.3, 0.4) is 0 Å². The van der Waals surface area contributed by atoms with E-state index in [1.54, 1.807) is 12.1 Å². The van der Waals surface area contributed by atoms with Crippen LogP contribution in [0.5, 0.6) is 0 Å². The van der Waals surface area contributed by atoms with E-state index in [0.717, 1.165) is 16.8 Å². The minimum atomic E-state index is -0.340. The minimum Gasteiger partial charge on any atom is -0.311 e. The third kappa shape index (κ3) is 1.77. The largest absolute Gasteiger partial charge is 0.311 e. The van der Waals surface area contributed by atoms with E-state index in [0.29, 0.717) is 16.1 Å². The highest BCUT2D eigenvalue weighted by Crippen LogP contribution is 2.32. The van der Waals surface area contributed by atoms with Crippen LogP contribution in [0, 0.1) is 24.1 Å². The summed E-state index contributed by atoms with van der Waals surface area (Å²) in [6.45, 7) is 1.83. The molecule has 0 bridgehead atoms. The van der Waals surface area contributed by atoms with E-state index in [-0.39, 0.29) is 5.82 Å². The zero-order valence-corrected chi connectivity index (χ0v) is 11.4. The number of hydrogen-bond donors (Lipinski definition) is 0. The van der Waals surface area contributed by atoms with Gasteiger partial charge in [-0.2, -0.15) is 5.26 Å². The Bertz CT molecular complexity index is 859. The second kappa shape index (κ2) is 4.66. The number of para-hydroxylation sites is 1. The van der Waals surface area contributed by atoms with Crippen LogP contribution in [0.2, 0.25) is 5.02 Å². The molecule has 0 aliphatic heterocycles. The van der Waals surface area contributed by atoms with Gasteiger partial charge in [0.25, 0.3) is 0 Å². The summed E-state index contributed by atoms with van der Waals surface area (Å²) in [5, 5.41) is 10.6. The van der Waals surface area contributed by atoms with Crippen LogP contribution >= 0.6 is 11.6 Å². The Morgan fingerprint density at radius 2 is 1.95 bits per heavy atom. The Morgan fingerprint density at radius 3 is 2.65 bits per heavy atom. The van der Waals surface area contributed by atoms with Gasteiger partial charge < -0.3 is 4.57 Å². The molecular weight excluding hydrogens is 275 g/mol. The SMILES string of the molecule is Cc1c(C#N)c2ccc(F)cc2n1-c1ccccc1Cl. The lowest BCUT2D eigenvalue weighted by atomic mass is 10.1. The van der Waals surface area contributed by atoms with E-state index in [4.69, 9.17) is 11.6 Å². The van der Waals surface area contributed by atoms with Gasteiger partial charge >= 0.3 is 0 Å². The molecule has 0 N–H and O–H groups in total. The minimum absolute atomic E-state index is 0.340. The van der Waals surface area contributed by atoms with Gasteiger partial charge in [0.2, 0.25) is 0 Å². The highest BCUT2D eigenvalue weighted by Gasteiger charge is 2.16. The number of benzene rings is 2. The first-order chi connectivity index (χ1) is 9.63. The number of halogens is 2.